The molecule has 1 saturated heterocycles. The van der Waals surface area contributed by atoms with E-state index in [-0.39, 0.29) is 11.3 Å². The van der Waals surface area contributed by atoms with Gasteiger partial charge in [-0.1, -0.05) is 6.07 Å². The summed E-state index contributed by atoms with van der Waals surface area (Å²) in [5.74, 6) is -1.06. The number of hydrogen-bond donors (Lipinski definition) is 1. The minimum atomic E-state index is -4.55. The lowest BCUT2D eigenvalue weighted by molar-refractivity contribution is -0.137. The summed E-state index contributed by atoms with van der Waals surface area (Å²) >= 11 is 0. The molecule has 0 bridgehead atoms. The fourth-order valence-corrected chi connectivity index (χ4v) is 2.62. The molecule has 5 nitrogen and oxygen atoms in total. The summed E-state index contributed by atoms with van der Waals surface area (Å²) in [5, 5.41) is 0.800. The minimum absolute atomic E-state index is 0.0767. The number of allylic oxidation sites excluding steroid dienone is 1. The van der Waals surface area contributed by atoms with Crippen LogP contribution in [-0.4, -0.2) is 11.8 Å². The van der Waals surface area contributed by atoms with E-state index in [1.54, 1.807) is 19.9 Å². The summed E-state index contributed by atoms with van der Waals surface area (Å²) in [5.41, 5.74) is 2.19. The molecule has 0 saturated carbocycles. The van der Waals surface area contributed by atoms with Gasteiger partial charge in [0.1, 0.15) is 11.3 Å². The average Bonchev–Trinajstić information content (AvgIpc) is 3.09. The molecule has 2 heterocycles. The highest BCUT2D eigenvalue weighted by Crippen LogP contribution is 2.33. The maximum absolute atomic E-state index is 12.9. The first-order valence-electron chi connectivity index (χ1n) is 7.28. The van der Waals surface area contributed by atoms with Crippen LogP contribution in [0, 0.1) is 6.92 Å². The van der Waals surface area contributed by atoms with Crippen LogP contribution in [0.5, 0.6) is 0 Å². The molecule has 3 rings (SSSR count). The summed E-state index contributed by atoms with van der Waals surface area (Å²) < 4.78 is 43.8. The number of nitrogens with zero attached hydrogens (tertiary/aromatic N) is 1. The van der Waals surface area contributed by atoms with Crippen molar-refractivity contribution in [2.75, 3.05) is 5.01 Å². The van der Waals surface area contributed by atoms with Gasteiger partial charge in [-0.2, -0.15) is 13.2 Å². The van der Waals surface area contributed by atoms with Crippen molar-refractivity contribution in [1.82, 2.24) is 5.43 Å². The Balaban J connectivity index is 2.02. The van der Waals surface area contributed by atoms with Gasteiger partial charge in [0.2, 0.25) is 0 Å². The Morgan fingerprint density at radius 3 is 2.52 bits per heavy atom. The van der Waals surface area contributed by atoms with Gasteiger partial charge in [-0.25, -0.2) is 5.01 Å². The van der Waals surface area contributed by atoms with E-state index in [0.717, 1.165) is 22.7 Å². The summed E-state index contributed by atoms with van der Waals surface area (Å²) in [4.78, 5) is 24.8. The molecule has 0 atom stereocenters. The quantitative estimate of drug-likeness (QED) is 0.666. The predicted molar refractivity (Wildman–Crippen MR) is 83.1 cm³/mol. The van der Waals surface area contributed by atoms with Crippen LogP contribution in [0.25, 0.3) is 5.57 Å². The van der Waals surface area contributed by atoms with Crippen molar-refractivity contribution in [3.05, 3.63) is 59.1 Å². The van der Waals surface area contributed by atoms with Crippen molar-refractivity contribution in [3.8, 4) is 0 Å². The van der Waals surface area contributed by atoms with Crippen LogP contribution in [0.15, 0.2) is 46.6 Å². The molecule has 0 spiro atoms. The molecule has 1 aliphatic rings. The van der Waals surface area contributed by atoms with Gasteiger partial charge in [-0.05, 0) is 43.7 Å². The van der Waals surface area contributed by atoms with Crippen LogP contribution < -0.4 is 10.4 Å². The predicted octanol–water partition coefficient (Wildman–Crippen LogP) is 3.46. The molecule has 2 aromatic rings. The van der Waals surface area contributed by atoms with Crippen molar-refractivity contribution in [1.29, 1.82) is 0 Å². The molecule has 25 heavy (non-hydrogen) atoms. The third-order valence-electron chi connectivity index (χ3n) is 3.87. The molecule has 2 amide bonds. The molecule has 0 aliphatic carbocycles. The molecular formula is C17H13F3N2O3. The molecule has 0 unspecified atom stereocenters. The fraction of sp³-hybridized carbons (Fsp3) is 0.176. The van der Waals surface area contributed by atoms with Gasteiger partial charge < -0.3 is 4.42 Å². The fourth-order valence-electron chi connectivity index (χ4n) is 2.62. The van der Waals surface area contributed by atoms with Gasteiger partial charge in [0.15, 0.2) is 0 Å². The van der Waals surface area contributed by atoms with Gasteiger partial charge in [0.25, 0.3) is 11.8 Å². The van der Waals surface area contributed by atoms with Crippen LogP contribution >= 0.6 is 0 Å². The van der Waals surface area contributed by atoms with Crippen molar-refractivity contribution in [2.45, 2.75) is 20.0 Å². The number of anilines is 1. The van der Waals surface area contributed by atoms with Crippen LogP contribution in [-0.2, 0) is 15.8 Å². The van der Waals surface area contributed by atoms with Crippen molar-refractivity contribution in [3.63, 3.8) is 0 Å². The molecule has 1 N–H and O–H groups in total. The zero-order valence-corrected chi connectivity index (χ0v) is 13.3. The second-order valence-electron chi connectivity index (χ2n) is 5.56. The smallest absolute Gasteiger partial charge is 0.416 e. The topological polar surface area (TPSA) is 62.6 Å². The minimum Gasteiger partial charge on any atom is -0.464 e. The summed E-state index contributed by atoms with van der Waals surface area (Å²) in [7, 11) is 0. The number of amides is 2. The van der Waals surface area contributed by atoms with E-state index < -0.39 is 23.6 Å². The zero-order chi connectivity index (χ0) is 18.4. The number of hydrogen-bond acceptors (Lipinski definition) is 3. The Labute approximate surface area is 140 Å². The monoisotopic (exact) mass is 350 g/mol. The Bertz CT molecular complexity index is 897. The Hall–Kier alpha value is -3.03. The van der Waals surface area contributed by atoms with Gasteiger partial charge in [-0.3, -0.25) is 15.0 Å². The highest BCUT2D eigenvalue weighted by atomic mass is 19.4. The molecule has 1 aromatic carbocycles. The lowest BCUT2D eigenvalue weighted by atomic mass is 10.0. The number of furan rings is 1. The summed E-state index contributed by atoms with van der Waals surface area (Å²) in [6, 6.07) is 5.85. The third kappa shape index (κ3) is 2.90. The van der Waals surface area contributed by atoms with Gasteiger partial charge in [0.05, 0.1) is 17.5 Å². The van der Waals surface area contributed by atoms with E-state index in [0.29, 0.717) is 11.3 Å². The van der Waals surface area contributed by atoms with Gasteiger partial charge in [-0.15, -0.1) is 0 Å². The van der Waals surface area contributed by atoms with E-state index in [4.69, 9.17) is 4.42 Å². The molecular weight excluding hydrogens is 337 g/mol. The van der Waals surface area contributed by atoms with Crippen LogP contribution in [0.4, 0.5) is 18.9 Å². The second kappa shape index (κ2) is 5.80. The maximum Gasteiger partial charge on any atom is 0.416 e. The third-order valence-corrected chi connectivity index (χ3v) is 3.87. The first-order valence-corrected chi connectivity index (χ1v) is 7.28. The first-order chi connectivity index (χ1) is 11.7. The molecule has 130 valence electrons. The van der Waals surface area contributed by atoms with Crippen molar-refractivity contribution < 1.29 is 27.2 Å². The van der Waals surface area contributed by atoms with Crippen molar-refractivity contribution >= 4 is 23.1 Å². The van der Waals surface area contributed by atoms with E-state index in [9.17, 15) is 22.8 Å². The van der Waals surface area contributed by atoms with Gasteiger partial charge in [0, 0.05) is 5.57 Å². The number of rotatable bonds is 2. The first kappa shape index (κ1) is 16.8. The molecule has 1 fully saturated rings. The lowest BCUT2D eigenvalue weighted by Gasteiger charge is -2.16. The number of aryl methyl sites for hydroxylation is 1. The van der Waals surface area contributed by atoms with Crippen LogP contribution in [0.2, 0.25) is 0 Å². The largest absolute Gasteiger partial charge is 0.464 e. The summed E-state index contributed by atoms with van der Waals surface area (Å²) in [6.45, 7) is 3.30. The second-order valence-corrected chi connectivity index (χ2v) is 5.56. The number of halogens is 3. The Morgan fingerprint density at radius 2 is 1.92 bits per heavy atom. The number of carbonyl (C=O) groups is 2. The number of alkyl halides is 3. The SMILES string of the molecule is CC(=C1C(=O)NN(c2cccc(C(F)(F)F)c2)C1=O)c1occc1C. The molecule has 0 radical (unpaired) electrons. The number of hydrazine groups is 1. The van der Waals surface area contributed by atoms with Crippen molar-refractivity contribution in [2.24, 2.45) is 0 Å². The van der Waals surface area contributed by atoms with E-state index in [1.165, 1.54) is 18.4 Å². The van der Waals surface area contributed by atoms with E-state index in [1.807, 2.05) is 0 Å². The Kier molecular flexibility index (Phi) is 3.90. The normalized spacial score (nSPS) is 17.1. The summed E-state index contributed by atoms with van der Waals surface area (Å²) in [6.07, 6.45) is -3.13. The van der Waals surface area contributed by atoms with E-state index >= 15 is 0 Å². The average molecular weight is 350 g/mol. The van der Waals surface area contributed by atoms with Crippen LogP contribution in [0.1, 0.15) is 23.8 Å². The molecule has 8 heteroatoms. The van der Waals surface area contributed by atoms with Gasteiger partial charge >= 0.3 is 6.18 Å². The number of carbonyl (C=O) groups excluding carboxylic acids is 2. The maximum atomic E-state index is 12.9. The molecule has 1 aromatic heterocycles. The molecule has 1 aliphatic heterocycles. The highest BCUT2D eigenvalue weighted by molar-refractivity contribution is 6.32. The highest BCUT2D eigenvalue weighted by Gasteiger charge is 2.38. The Morgan fingerprint density at radius 1 is 1.20 bits per heavy atom. The number of benzene rings is 1. The lowest BCUT2D eigenvalue weighted by Crippen LogP contribution is -2.35. The standard InChI is InChI=1S/C17H13F3N2O3/c1-9-6-7-25-14(9)10(2)13-15(23)21-22(16(13)24)12-5-3-4-11(8-12)17(18,19)20/h3-8H,1-2H3,(H,21,23). The zero-order valence-electron chi connectivity index (χ0n) is 13.3. The van der Waals surface area contributed by atoms with E-state index in [2.05, 4.69) is 5.43 Å². The van der Waals surface area contributed by atoms with Crippen LogP contribution in [0.3, 0.4) is 0 Å². The number of nitrogens with one attached hydrogen (secondary N) is 1.